The molecule has 0 aliphatic rings. The molecular weight excluding hydrogens is 232 g/mol. The minimum absolute atomic E-state index is 0.161. The van der Waals surface area contributed by atoms with Crippen LogP contribution in [-0.2, 0) is 0 Å². The molecule has 0 aliphatic heterocycles. The number of benzene rings is 2. The van der Waals surface area contributed by atoms with E-state index in [-0.39, 0.29) is 5.56 Å². The molecule has 0 nitrogen and oxygen atoms in total. The Hall–Kier alpha value is -1.84. The fourth-order valence-electron chi connectivity index (χ4n) is 1.59. The maximum absolute atomic E-state index is 13.6. The number of halogens is 4. The smallest absolute Gasteiger partial charge is 0.166 e. The summed E-state index contributed by atoms with van der Waals surface area (Å²) in [6, 6.07) is 5.21. The van der Waals surface area contributed by atoms with E-state index in [9.17, 15) is 17.6 Å². The molecule has 88 valence electrons. The Kier molecular flexibility index (Phi) is 2.88. The lowest BCUT2D eigenvalue weighted by Gasteiger charge is -2.07. The van der Waals surface area contributed by atoms with Gasteiger partial charge in [-0.15, -0.1) is 0 Å². The normalized spacial score (nSPS) is 10.6. The largest absolute Gasteiger partial charge is 0.207 e. The summed E-state index contributed by atoms with van der Waals surface area (Å²) in [5.74, 6) is -4.25. The topological polar surface area (TPSA) is 0 Å². The number of aryl methyl sites for hydroxylation is 1. The van der Waals surface area contributed by atoms with Crippen LogP contribution in [0.5, 0.6) is 0 Å². The molecule has 0 unspecified atom stereocenters. The Morgan fingerprint density at radius 2 is 1.47 bits per heavy atom. The van der Waals surface area contributed by atoms with Crippen LogP contribution in [0.25, 0.3) is 11.1 Å². The Morgan fingerprint density at radius 3 is 2.12 bits per heavy atom. The van der Waals surface area contributed by atoms with Gasteiger partial charge in [0.2, 0.25) is 0 Å². The van der Waals surface area contributed by atoms with Crippen molar-refractivity contribution >= 4 is 0 Å². The number of rotatable bonds is 1. The maximum Gasteiger partial charge on any atom is 0.166 e. The zero-order valence-corrected chi connectivity index (χ0v) is 8.90. The second kappa shape index (κ2) is 4.20. The first-order valence-electron chi connectivity index (χ1n) is 4.90. The minimum Gasteiger partial charge on any atom is -0.207 e. The summed E-state index contributed by atoms with van der Waals surface area (Å²) in [5.41, 5.74) is 0.0648. The van der Waals surface area contributed by atoms with E-state index in [1.807, 2.05) is 0 Å². The fourth-order valence-corrected chi connectivity index (χ4v) is 1.59. The van der Waals surface area contributed by atoms with Crippen LogP contribution in [0, 0.1) is 30.2 Å². The van der Waals surface area contributed by atoms with Gasteiger partial charge in [-0.3, -0.25) is 0 Å². The molecule has 0 aromatic heterocycles. The molecule has 0 aliphatic carbocycles. The molecule has 2 rings (SSSR count). The van der Waals surface area contributed by atoms with Crippen LogP contribution in [0.3, 0.4) is 0 Å². The van der Waals surface area contributed by atoms with Gasteiger partial charge in [-0.1, -0.05) is 12.1 Å². The summed E-state index contributed by atoms with van der Waals surface area (Å²) in [4.78, 5) is 0. The van der Waals surface area contributed by atoms with Gasteiger partial charge in [0.1, 0.15) is 11.6 Å². The third-order valence-corrected chi connectivity index (χ3v) is 2.41. The van der Waals surface area contributed by atoms with E-state index in [2.05, 4.69) is 0 Å². The molecule has 0 bridgehead atoms. The molecule has 0 heterocycles. The van der Waals surface area contributed by atoms with E-state index in [0.717, 1.165) is 6.07 Å². The molecule has 0 spiro atoms. The lowest BCUT2D eigenvalue weighted by atomic mass is 10.0. The third-order valence-electron chi connectivity index (χ3n) is 2.41. The number of hydrogen-bond acceptors (Lipinski definition) is 0. The summed E-state index contributed by atoms with van der Waals surface area (Å²) in [6.45, 7) is 1.66. The van der Waals surface area contributed by atoms with Gasteiger partial charge in [0.15, 0.2) is 11.6 Å². The molecule has 0 saturated carbocycles. The molecule has 0 N–H and O–H groups in total. The highest BCUT2D eigenvalue weighted by atomic mass is 19.2. The first-order valence-corrected chi connectivity index (χ1v) is 4.90. The summed E-state index contributed by atoms with van der Waals surface area (Å²) in [6.07, 6.45) is 0. The minimum atomic E-state index is -1.33. The highest BCUT2D eigenvalue weighted by Crippen LogP contribution is 2.28. The van der Waals surface area contributed by atoms with Gasteiger partial charge in [0, 0.05) is 17.2 Å². The van der Waals surface area contributed by atoms with Gasteiger partial charge >= 0.3 is 0 Å². The second-order valence-corrected chi connectivity index (χ2v) is 3.73. The van der Waals surface area contributed by atoms with Gasteiger partial charge in [0.05, 0.1) is 0 Å². The van der Waals surface area contributed by atoms with Crippen LogP contribution >= 0.6 is 0 Å². The molecular formula is C13H8F4. The second-order valence-electron chi connectivity index (χ2n) is 3.73. The third kappa shape index (κ3) is 2.16. The monoisotopic (exact) mass is 240 g/mol. The van der Waals surface area contributed by atoms with Crippen molar-refractivity contribution < 1.29 is 17.6 Å². The van der Waals surface area contributed by atoms with Crippen molar-refractivity contribution in [3.05, 3.63) is 59.2 Å². The van der Waals surface area contributed by atoms with Crippen LogP contribution in [0.2, 0.25) is 0 Å². The van der Waals surface area contributed by atoms with Crippen LogP contribution in [-0.4, -0.2) is 0 Å². The summed E-state index contributed by atoms with van der Waals surface area (Å²) in [7, 11) is 0. The Labute approximate surface area is 95.5 Å². The lowest BCUT2D eigenvalue weighted by Crippen LogP contribution is -1.94. The van der Waals surface area contributed by atoms with E-state index in [1.165, 1.54) is 12.1 Å². The fraction of sp³-hybridized carbons (Fsp3) is 0.0769. The van der Waals surface area contributed by atoms with Crippen molar-refractivity contribution in [3.8, 4) is 11.1 Å². The van der Waals surface area contributed by atoms with Crippen LogP contribution in [0.1, 0.15) is 5.56 Å². The Balaban J connectivity index is 2.68. The SMILES string of the molecule is Cc1ccc(-c2cc(F)cc(F)c2F)c(F)c1. The molecule has 0 atom stereocenters. The van der Waals surface area contributed by atoms with Crippen molar-refractivity contribution in [2.45, 2.75) is 6.92 Å². The molecule has 4 heteroatoms. The van der Waals surface area contributed by atoms with E-state index < -0.39 is 28.8 Å². The maximum atomic E-state index is 13.6. The Morgan fingerprint density at radius 1 is 0.765 bits per heavy atom. The van der Waals surface area contributed by atoms with Crippen LogP contribution < -0.4 is 0 Å². The highest BCUT2D eigenvalue weighted by molar-refractivity contribution is 5.65. The molecule has 2 aromatic rings. The highest BCUT2D eigenvalue weighted by Gasteiger charge is 2.15. The predicted molar refractivity (Wildman–Crippen MR) is 56.4 cm³/mol. The van der Waals surface area contributed by atoms with Crippen LogP contribution in [0.4, 0.5) is 17.6 Å². The predicted octanol–water partition coefficient (Wildman–Crippen LogP) is 4.22. The average molecular weight is 240 g/mol. The lowest BCUT2D eigenvalue weighted by molar-refractivity contribution is 0.497. The van der Waals surface area contributed by atoms with Gasteiger partial charge in [-0.05, 0) is 24.6 Å². The van der Waals surface area contributed by atoms with Crippen molar-refractivity contribution in [1.82, 2.24) is 0 Å². The van der Waals surface area contributed by atoms with Gasteiger partial charge in [0.25, 0.3) is 0 Å². The molecule has 0 amide bonds. The van der Waals surface area contributed by atoms with E-state index in [0.29, 0.717) is 11.6 Å². The van der Waals surface area contributed by atoms with Crippen molar-refractivity contribution in [2.24, 2.45) is 0 Å². The molecule has 17 heavy (non-hydrogen) atoms. The van der Waals surface area contributed by atoms with E-state index in [4.69, 9.17) is 0 Å². The van der Waals surface area contributed by atoms with Gasteiger partial charge in [-0.25, -0.2) is 17.6 Å². The number of hydrogen-bond donors (Lipinski definition) is 0. The average Bonchev–Trinajstić information content (AvgIpc) is 2.24. The van der Waals surface area contributed by atoms with Gasteiger partial charge < -0.3 is 0 Å². The summed E-state index contributed by atoms with van der Waals surface area (Å²) < 4.78 is 53.0. The zero-order valence-electron chi connectivity index (χ0n) is 8.90. The Bertz CT molecular complexity index is 576. The summed E-state index contributed by atoms with van der Waals surface area (Å²) >= 11 is 0. The van der Waals surface area contributed by atoms with Crippen molar-refractivity contribution in [3.63, 3.8) is 0 Å². The standard InChI is InChI=1S/C13H8F4/c1-7-2-3-9(11(15)4-7)10-5-8(14)6-12(16)13(10)17/h2-6H,1H3. The van der Waals surface area contributed by atoms with E-state index >= 15 is 0 Å². The molecule has 0 radical (unpaired) electrons. The first-order chi connectivity index (χ1) is 7.99. The van der Waals surface area contributed by atoms with Crippen molar-refractivity contribution in [2.75, 3.05) is 0 Å². The molecule has 2 aromatic carbocycles. The first kappa shape index (κ1) is 11.6. The zero-order chi connectivity index (χ0) is 12.6. The quantitative estimate of drug-likeness (QED) is 0.517. The van der Waals surface area contributed by atoms with Crippen molar-refractivity contribution in [1.29, 1.82) is 0 Å². The molecule has 0 saturated heterocycles. The summed E-state index contributed by atoms with van der Waals surface area (Å²) in [5, 5.41) is 0. The van der Waals surface area contributed by atoms with Crippen LogP contribution in [0.15, 0.2) is 30.3 Å². The molecule has 0 fully saturated rings. The van der Waals surface area contributed by atoms with Gasteiger partial charge in [-0.2, -0.15) is 0 Å². The van der Waals surface area contributed by atoms with E-state index in [1.54, 1.807) is 13.0 Å².